The standard InChI is InChI=1S/C23H25N3O4/c1-18-10-11-20(15-22(18)26(28)29)23(27)25(13-14-30-2)17-21-9-6-12-24(21)16-19-7-4-3-5-8-19/h3-12,15H,13-14,16-17H2,1-2H3. The van der Waals surface area contributed by atoms with Gasteiger partial charge in [0.15, 0.2) is 0 Å². The fourth-order valence-corrected chi connectivity index (χ4v) is 3.30. The molecule has 0 saturated heterocycles. The molecule has 0 aliphatic rings. The van der Waals surface area contributed by atoms with E-state index < -0.39 is 4.92 Å². The van der Waals surface area contributed by atoms with Gasteiger partial charge in [-0.2, -0.15) is 0 Å². The van der Waals surface area contributed by atoms with E-state index in [1.807, 2.05) is 36.5 Å². The molecular formula is C23H25N3O4. The SMILES string of the molecule is COCCN(Cc1cccn1Cc1ccccc1)C(=O)c1ccc(C)c([N+](=O)[O-])c1. The number of hydrogen-bond acceptors (Lipinski definition) is 4. The molecule has 7 heteroatoms. The molecule has 3 rings (SSSR count). The first-order valence-corrected chi connectivity index (χ1v) is 9.71. The third-order valence-corrected chi connectivity index (χ3v) is 4.98. The van der Waals surface area contributed by atoms with Crippen LogP contribution in [0.5, 0.6) is 0 Å². The molecule has 0 N–H and O–H groups in total. The molecule has 0 spiro atoms. The zero-order valence-electron chi connectivity index (χ0n) is 17.2. The van der Waals surface area contributed by atoms with Crippen LogP contribution in [0.1, 0.15) is 27.2 Å². The second kappa shape index (κ2) is 9.84. The maximum absolute atomic E-state index is 13.2. The normalized spacial score (nSPS) is 10.7. The molecule has 0 aliphatic carbocycles. The Morgan fingerprint density at radius 1 is 1.13 bits per heavy atom. The largest absolute Gasteiger partial charge is 0.383 e. The van der Waals surface area contributed by atoms with Crippen LogP contribution in [0.3, 0.4) is 0 Å². The Hall–Kier alpha value is -3.45. The topological polar surface area (TPSA) is 77.6 Å². The molecule has 0 unspecified atom stereocenters. The molecule has 0 bridgehead atoms. The Kier molecular flexibility index (Phi) is 6.98. The Bertz CT molecular complexity index is 1010. The summed E-state index contributed by atoms with van der Waals surface area (Å²) < 4.78 is 7.27. The van der Waals surface area contributed by atoms with Crippen molar-refractivity contribution in [1.29, 1.82) is 0 Å². The summed E-state index contributed by atoms with van der Waals surface area (Å²) in [5, 5.41) is 11.3. The van der Waals surface area contributed by atoms with Gasteiger partial charge in [0.2, 0.25) is 0 Å². The molecule has 1 amide bonds. The van der Waals surface area contributed by atoms with E-state index in [4.69, 9.17) is 4.74 Å². The summed E-state index contributed by atoms with van der Waals surface area (Å²) in [6.45, 7) is 3.49. The number of nitro benzene ring substituents is 1. The molecule has 0 radical (unpaired) electrons. The van der Waals surface area contributed by atoms with E-state index in [9.17, 15) is 14.9 Å². The van der Waals surface area contributed by atoms with E-state index in [0.717, 1.165) is 5.69 Å². The van der Waals surface area contributed by atoms with Gasteiger partial charge in [-0.25, -0.2) is 0 Å². The zero-order valence-corrected chi connectivity index (χ0v) is 17.2. The van der Waals surface area contributed by atoms with E-state index in [1.54, 1.807) is 31.1 Å². The molecule has 3 aromatic rings. The number of amides is 1. The summed E-state index contributed by atoms with van der Waals surface area (Å²) in [5.41, 5.74) is 2.91. The fourth-order valence-electron chi connectivity index (χ4n) is 3.30. The second-order valence-electron chi connectivity index (χ2n) is 7.09. The Morgan fingerprint density at radius 2 is 1.90 bits per heavy atom. The van der Waals surface area contributed by atoms with Crippen molar-refractivity contribution in [3.63, 3.8) is 0 Å². The Labute approximate surface area is 175 Å². The lowest BCUT2D eigenvalue weighted by Gasteiger charge is -2.23. The van der Waals surface area contributed by atoms with Gasteiger partial charge in [-0.05, 0) is 30.7 Å². The molecule has 0 saturated carbocycles. The molecule has 0 fully saturated rings. The highest BCUT2D eigenvalue weighted by Crippen LogP contribution is 2.21. The third kappa shape index (κ3) is 5.12. The van der Waals surface area contributed by atoms with Crippen LogP contribution >= 0.6 is 0 Å². The van der Waals surface area contributed by atoms with E-state index in [1.165, 1.54) is 11.6 Å². The number of rotatable bonds is 9. The molecule has 30 heavy (non-hydrogen) atoms. The Balaban J connectivity index is 1.84. The number of carbonyl (C=O) groups excluding carboxylic acids is 1. The predicted molar refractivity (Wildman–Crippen MR) is 114 cm³/mol. The van der Waals surface area contributed by atoms with Gasteiger partial charge in [-0.3, -0.25) is 14.9 Å². The summed E-state index contributed by atoms with van der Waals surface area (Å²) >= 11 is 0. The number of nitrogens with zero attached hydrogens (tertiary/aromatic N) is 3. The number of carbonyl (C=O) groups is 1. The molecule has 7 nitrogen and oxygen atoms in total. The minimum Gasteiger partial charge on any atom is -0.383 e. The molecule has 2 aromatic carbocycles. The monoisotopic (exact) mass is 407 g/mol. The number of methoxy groups -OCH3 is 1. The molecule has 1 heterocycles. The Morgan fingerprint density at radius 3 is 2.60 bits per heavy atom. The maximum Gasteiger partial charge on any atom is 0.273 e. The molecule has 1 aromatic heterocycles. The van der Waals surface area contributed by atoms with Gasteiger partial charge < -0.3 is 14.2 Å². The van der Waals surface area contributed by atoms with Crippen molar-refractivity contribution >= 4 is 11.6 Å². The van der Waals surface area contributed by atoms with Gasteiger partial charge in [0.05, 0.1) is 18.1 Å². The van der Waals surface area contributed by atoms with E-state index in [2.05, 4.69) is 16.7 Å². The number of nitro groups is 1. The first-order valence-electron chi connectivity index (χ1n) is 9.71. The van der Waals surface area contributed by atoms with Crippen molar-refractivity contribution < 1.29 is 14.5 Å². The summed E-state index contributed by atoms with van der Waals surface area (Å²) in [6, 6.07) is 18.6. The second-order valence-corrected chi connectivity index (χ2v) is 7.09. The number of aryl methyl sites for hydroxylation is 1. The summed E-state index contributed by atoms with van der Waals surface area (Å²) in [5.74, 6) is -0.261. The lowest BCUT2D eigenvalue weighted by Crippen LogP contribution is -2.34. The average molecular weight is 407 g/mol. The quantitative estimate of drug-likeness (QED) is 0.396. The van der Waals surface area contributed by atoms with Crippen LogP contribution in [-0.4, -0.2) is 40.6 Å². The van der Waals surface area contributed by atoms with Gasteiger partial charge in [0.25, 0.3) is 11.6 Å². The predicted octanol–water partition coefficient (Wildman–Crippen LogP) is 4.04. The lowest BCUT2D eigenvalue weighted by atomic mass is 10.1. The highest BCUT2D eigenvalue weighted by molar-refractivity contribution is 5.95. The van der Waals surface area contributed by atoms with Crippen LogP contribution in [0.25, 0.3) is 0 Å². The summed E-state index contributed by atoms with van der Waals surface area (Å²) in [6.07, 6.45) is 1.98. The number of aromatic nitrogens is 1. The van der Waals surface area contributed by atoms with Gasteiger partial charge in [0, 0.05) is 49.3 Å². The minimum absolute atomic E-state index is 0.0556. The van der Waals surface area contributed by atoms with Gasteiger partial charge in [0.1, 0.15) is 0 Å². The van der Waals surface area contributed by atoms with Gasteiger partial charge in [-0.15, -0.1) is 0 Å². The number of hydrogen-bond donors (Lipinski definition) is 0. The van der Waals surface area contributed by atoms with Crippen molar-refractivity contribution in [2.75, 3.05) is 20.3 Å². The average Bonchev–Trinajstić information content (AvgIpc) is 3.18. The molecular weight excluding hydrogens is 382 g/mol. The molecule has 0 aliphatic heterocycles. The van der Waals surface area contributed by atoms with Crippen molar-refractivity contribution in [1.82, 2.24) is 9.47 Å². The first kappa shape index (κ1) is 21.3. The van der Waals surface area contributed by atoms with Crippen LogP contribution in [0.4, 0.5) is 5.69 Å². The minimum atomic E-state index is -0.462. The maximum atomic E-state index is 13.2. The highest BCUT2D eigenvalue weighted by Gasteiger charge is 2.21. The van der Waals surface area contributed by atoms with Crippen molar-refractivity contribution in [3.05, 3.63) is 99.4 Å². The van der Waals surface area contributed by atoms with Crippen LogP contribution in [0.2, 0.25) is 0 Å². The number of benzene rings is 2. The third-order valence-electron chi connectivity index (χ3n) is 4.98. The van der Waals surface area contributed by atoms with E-state index in [-0.39, 0.29) is 11.6 Å². The van der Waals surface area contributed by atoms with Crippen LogP contribution in [-0.2, 0) is 17.8 Å². The van der Waals surface area contributed by atoms with Crippen molar-refractivity contribution in [2.45, 2.75) is 20.0 Å². The fraction of sp³-hybridized carbons (Fsp3) is 0.261. The lowest BCUT2D eigenvalue weighted by molar-refractivity contribution is -0.385. The van der Waals surface area contributed by atoms with Gasteiger partial charge >= 0.3 is 0 Å². The van der Waals surface area contributed by atoms with Crippen LogP contribution in [0.15, 0.2) is 66.9 Å². The molecule has 156 valence electrons. The first-order chi connectivity index (χ1) is 14.5. The van der Waals surface area contributed by atoms with E-state index in [0.29, 0.717) is 37.4 Å². The zero-order chi connectivity index (χ0) is 21.5. The summed E-state index contributed by atoms with van der Waals surface area (Å²) in [7, 11) is 1.58. The van der Waals surface area contributed by atoms with Crippen LogP contribution < -0.4 is 0 Å². The van der Waals surface area contributed by atoms with Gasteiger partial charge in [-0.1, -0.05) is 36.4 Å². The van der Waals surface area contributed by atoms with Crippen molar-refractivity contribution in [3.8, 4) is 0 Å². The van der Waals surface area contributed by atoms with E-state index >= 15 is 0 Å². The highest BCUT2D eigenvalue weighted by atomic mass is 16.6. The molecule has 0 atom stereocenters. The number of ether oxygens (including phenoxy) is 1. The smallest absolute Gasteiger partial charge is 0.273 e. The summed E-state index contributed by atoms with van der Waals surface area (Å²) in [4.78, 5) is 25.6. The van der Waals surface area contributed by atoms with Crippen LogP contribution in [0, 0.1) is 17.0 Å². The van der Waals surface area contributed by atoms with Crippen molar-refractivity contribution in [2.24, 2.45) is 0 Å².